The van der Waals surface area contributed by atoms with Crippen molar-refractivity contribution in [1.82, 2.24) is 5.32 Å². The minimum Gasteiger partial charge on any atom is -0.508 e. The van der Waals surface area contributed by atoms with Gasteiger partial charge in [-0.15, -0.1) is 0 Å². The summed E-state index contributed by atoms with van der Waals surface area (Å²) in [5.41, 5.74) is 4.31. The van der Waals surface area contributed by atoms with Crippen molar-refractivity contribution in [3.8, 4) is 22.6 Å². The van der Waals surface area contributed by atoms with Crippen molar-refractivity contribution < 1.29 is 25.2 Å². The van der Waals surface area contributed by atoms with Crippen LogP contribution < -0.4 is 5.32 Å². The molecule has 0 heterocycles. The standard InChI is InChI=1S/C31H41NO5/c33-23-27-21-26(15-16-29(27)34)31(36)22-32-17-6-1-2-7-18-37-19-8-5-10-24-11-9-12-25(20-24)28-13-3-4-14-30(28)35/h3-4,9,11-16,20-21,31-36H,1-2,5-8,10,17-19,22-23H2/t31-/m0/s1. The molecule has 0 spiro atoms. The van der Waals surface area contributed by atoms with Gasteiger partial charge in [-0.05, 0) is 73.5 Å². The first-order valence-electron chi connectivity index (χ1n) is 13.3. The zero-order valence-corrected chi connectivity index (χ0v) is 21.6. The average Bonchev–Trinajstić information content (AvgIpc) is 2.92. The smallest absolute Gasteiger partial charge is 0.123 e. The van der Waals surface area contributed by atoms with E-state index in [1.165, 1.54) is 11.6 Å². The van der Waals surface area contributed by atoms with E-state index in [2.05, 4.69) is 23.5 Å². The number of hydrogen-bond acceptors (Lipinski definition) is 6. The van der Waals surface area contributed by atoms with Crippen LogP contribution in [0.3, 0.4) is 0 Å². The van der Waals surface area contributed by atoms with Crippen molar-refractivity contribution in [1.29, 1.82) is 0 Å². The Morgan fingerprint density at radius 1 is 0.757 bits per heavy atom. The van der Waals surface area contributed by atoms with Crippen LogP contribution in [0.1, 0.15) is 61.3 Å². The third kappa shape index (κ3) is 9.82. The van der Waals surface area contributed by atoms with E-state index in [-0.39, 0.29) is 12.4 Å². The van der Waals surface area contributed by atoms with Crippen LogP contribution in [0, 0.1) is 0 Å². The summed E-state index contributed by atoms with van der Waals surface area (Å²) in [5, 5.41) is 42.5. The van der Waals surface area contributed by atoms with Crippen LogP contribution in [0.5, 0.6) is 11.5 Å². The molecule has 0 amide bonds. The lowest BCUT2D eigenvalue weighted by Crippen LogP contribution is -2.22. The van der Waals surface area contributed by atoms with E-state index in [0.29, 0.717) is 23.4 Å². The van der Waals surface area contributed by atoms with Gasteiger partial charge in [0.2, 0.25) is 0 Å². The monoisotopic (exact) mass is 507 g/mol. The van der Waals surface area contributed by atoms with Crippen molar-refractivity contribution in [2.75, 3.05) is 26.3 Å². The molecule has 0 radical (unpaired) electrons. The van der Waals surface area contributed by atoms with Gasteiger partial charge in [-0.25, -0.2) is 0 Å². The fraction of sp³-hybridized carbons (Fsp3) is 0.419. The Morgan fingerprint density at radius 3 is 2.35 bits per heavy atom. The number of para-hydroxylation sites is 1. The molecule has 37 heavy (non-hydrogen) atoms. The Kier molecular flexibility index (Phi) is 12.4. The predicted molar refractivity (Wildman–Crippen MR) is 148 cm³/mol. The van der Waals surface area contributed by atoms with Crippen LogP contribution in [-0.4, -0.2) is 46.7 Å². The molecule has 3 rings (SSSR count). The molecule has 0 fully saturated rings. The summed E-state index contributed by atoms with van der Waals surface area (Å²) in [4.78, 5) is 0. The minimum atomic E-state index is -0.666. The molecular formula is C31H41NO5. The number of rotatable bonds is 17. The number of aliphatic hydroxyl groups is 2. The fourth-order valence-corrected chi connectivity index (χ4v) is 4.35. The first-order chi connectivity index (χ1) is 18.1. The first-order valence-corrected chi connectivity index (χ1v) is 13.3. The summed E-state index contributed by atoms with van der Waals surface area (Å²) in [7, 11) is 0. The maximum absolute atomic E-state index is 10.3. The quantitative estimate of drug-likeness (QED) is 0.155. The molecule has 6 heteroatoms. The van der Waals surface area contributed by atoms with Crippen molar-refractivity contribution in [2.24, 2.45) is 0 Å². The molecule has 5 N–H and O–H groups in total. The summed E-state index contributed by atoms with van der Waals surface area (Å²) >= 11 is 0. The first kappa shape index (κ1) is 28.7. The van der Waals surface area contributed by atoms with Crippen molar-refractivity contribution in [3.05, 3.63) is 83.4 Å². The highest BCUT2D eigenvalue weighted by Gasteiger charge is 2.10. The highest BCUT2D eigenvalue weighted by molar-refractivity contribution is 5.70. The van der Waals surface area contributed by atoms with Gasteiger partial charge in [-0.3, -0.25) is 0 Å². The molecular weight excluding hydrogens is 466 g/mol. The number of nitrogens with one attached hydrogen (secondary N) is 1. The van der Waals surface area contributed by atoms with E-state index in [9.17, 15) is 20.4 Å². The molecule has 0 unspecified atom stereocenters. The number of aromatic hydroxyl groups is 2. The molecule has 3 aromatic carbocycles. The van der Waals surface area contributed by atoms with Crippen LogP contribution in [0.25, 0.3) is 11.1 Å². The number of phenolic OH excluding ortho intramolecular Hbond substituents is 1. The number of aryl methyl sites for hydroxylation is 1. The third-order valence-corrected chi connectivity index (χ3v) is 6.53. The van der Waals surface area contributed by atoms with Gasteiger partial charge in [0.15, 0.2) is 0 Å². The van der Waals surface area contributed by atoms with Crippen LogP contribution in [0.4, 0.5) is 0 Å². The van der Waals surface area contributed by atoms with E-state index < -0.39 is 6.10 Å². The number of benzene rings is 3. The summed E-state index contributed by atoms with van der Waals surface area (Å²) in [6, 6.07) is 20.6. The summed E-state index contributed by atoms with van der Waals surface area (Å²) in [5.74, 6) is 0.356. The van der Waals surface area contributed by atoms with Gasteiger partial charge in [-0.1, -0.05) is 61.4 Å². The zero-order chi connectivity index (χ0) is 26.3. The summed E-state index contributed by atoms with van der Waals surface area (Å²) in [6.45, 7) is 2.61. The van der Waals surface area contributed by atoms with E-state index >= 15 is 0 Å². The van der Waals surface area contributed by atoms with Crippen LogP contribution in [0.15, 0.2) is 66.7 Å². The van der Waals surface area contributed by atoms with Crippen molar-refractivity contribution in [2.45, 2.75) is 57.7 Å². The molecule has 0 aliphatic heterocycles. The van der Waals surface area contributed by atoms with Gasteiger partial charge < -0.3 is 30.5 Å². The van der Waals surface area contributed by atoms with E-state index in [0.717, 1.165) is 75.8 Å². The van der Waals surface area contributed by atoms with E-state index in [1.54, 1.807) is 18.2 Å². The second-order valence-corrected chi connectivity index (χ2v) is 9.47. The fourth-order valence-electron chi connectivity index (χ4n) is 4.35. The topological polar surface area (TPSA) is 102 Å². The van der Waals surface area contributed by atoms with Crippen LogP contribution >= 0.6 is 0 Å². The van der Waals surface area contributed by atoms with Gasteiger partial charge in [0.05, 0.1) is 12.7 Å². The molecule has 3 aromatic rings. The van der Waals surface area contributed by atoms with E-state index in [1.807, 2.05) is 24.3 Å². The second-order valence-electron chi connectivity index (χ2n) is 9.47. The molecule has 0 bridgehead atoms. The molecule has 0 aliphatic carbocycles. The predicted octanol–water partition coefficient (Wildman–Crippen LogP) is 5.48. The highest BCUT2D eigenvalue weighted by Crippen LogP contribution is 2.29. The Labute approximate surface area is 220 Å². The molecule has 200 valence electrons. The van der Waals surface area contributed by atoms with Crippen molar-refractivity contribution >= 4 is 0 Å². The number of hydrogen-bond donors (Lipinski definition) is 5. The SMILES string of the molecule is OCc1cc([C@@H](O)CNCCCCCCOCCCCc2cccc(-c3ccccc3O)c2)ccc1O. The highest BCUT2D eigenvalue weighted by atomic mass is 16.5. The Bertz CT molecular complexity index is 1070. The summed E-state index contributed by atoms with van der Waals surface area (Å²) in [6.07, 6.45) is 6.80. The molecule has 0 saturated heterocycles. The second kappa shape index (κ2) is 16.0. The lowest BCUT2D eigenvalue weighted by molar-refractivity contribution is 0.126. The van der Waals surface area contributed by atoms with Gasteiger partial charge in [0.1, 0.15) is 11.5 Å². The lowest BCUT2D eigenvalue weighted by Gasteiger charge is -2.14. The number of phenols is 2. The Morgan fingerprint density at radius 2 is 1.54 bits per heavy atom. The molecule has 1 atom stereocenters. The van der Waals surface area contributed by atoms with E-state index in [4.69, 9.17) is 4.74 Å². The molecule has 6 nitrogen and oxygen atoms in total. The van der Waals surface area contributed by atoms with Crippen molar-refractivity contribution in [3.63, 3.8) is 0 Å². The number of aliphatic hydroxyl groups excluding tert-OH is 2. The Balaban J connectivity index is 1.17. The molecule has 0 aromatic heterocycles. The lowest BCUT2D eigenvalue weighted by atomic mass is 10.00. The normalized spacial score (nSPS) is 12.1. The summed E-state index contributed by atoms with van der Waals surface area (Å²) < 4.78 is 5.80. The maximum Gasteiger partial charge on any atom is 0.123 e. The third-order valence-electron chi connectivity index (χ3n) is 6.53. The average molecular weight is 508 g/mol. The maximum atomic E-state index is 10.3. The Hall–Kier alpha value is -2.90. The van der Waals surface area contributed by atoms with Gasteiger partial charge >= 0.3 is 0 Å². The van der Waals surface area contributed by atoms with Gasteiger partial charge in [0, 0.05) is 30.9 Å². The number of ether oxygens (including phenoxy) is 1. The zero-order valence-electron chi connectivity index (χ0n) is 21.6. The largest absolute Gasteiger partial charge is 0.508 e. The minimum absolute atomic E-state index is 0.0442. The van der Waals surface area contributed by atoms with Crippen LogP contribution in [-0.2, 0) is 17.8 Å². The van der Waals surface area contributed by atoms with Gasteiger partial charge in [0.25, 0.3) is 0 Å². The van der Waals surface area contributed by atoms with Crippen LogP contribution in [0.2, 0.25) is 0 Å². The molecule has 0 aliphatic rings. The van der Waals surface area contributed by atoms with Gasteiger partial charge in [-0.2, -0.15) is 0 Å². The number of unbranched alkanes of at least 4 members (excludes halogenated alkanes) is 4. The molecule has 0 saturated carbocycles.